The molecule has 5 heteroatoms. The van der Waals surface area contributed by atoms with Crippen molar-refractivity contribution in [2.75, 3.05) is 33.8 Å². The van der Waals surface area contributed by atoms with Gasteiger partial charge in [-0.25, -0.2) is 0 Å². The van der Waals surface area contributed by atoms with Crippen LogP contribution < -0.4 is 0 Å². The third-order valence-corrected chi connectivity index (χ3v) is 2.57. The molecule has 2 amide bonds. The number of amides is 2. The smallest absolute Gasteiger partial charge is 0.251 e. The van der Waals surface area contributed by atoms with Crippen molar-refractivity contribution in [1.29, 1.82) is 0 Å². The van der Waals surface area contributed by atoms with Crippen molar-refractivity contribution in [3.63, 3.8) is 0 Å². The van der Waals surface area contributed by atoms with E-state index in [-0.39, 0.29) is 18.4 Å². The monoisotopic (exact) mass is 230 g/mol. The number of rotatable bonds is 6. The number of ether oxygens (including phenoxy) is 1. The highest BCUT2D eigenvalue weighted by atomic mass is 16.5. The highest BCUT2D eigenvalue weighted by Crippen LogP contribution is 1.98. The Hall–Kier alpha value is -1.10. The lowest BCUT2D eigenvalue weighted by Crippen LogP contribution is -2.44. The fourth-order valence-electron chi connectivity index (χ4n) is 1.37. The number of carbonyl (C=O) groups is 2. The summed E-state index contributed by atoms with van der Waals surface area (Å²) in [6, 6.07) is 0. The number of carbonyl (C=O) groups excluding carboxylic acids is 2. The van der Waals surface area contributed by atoms with E-state index in [0.717, 1.165) is 0 Å². The average Bonchev–Trinajstić information content (AvgIpc) is 2.28. The predicted molar refractivity (Wildman–Crippen MR) is 62.0 cm³/mol. The van der Waals surface area contributed by atoms with E-state index < -0.39 is 6.10 Å². The Labute approximate surface area is 97.3 Å². The van der Waals surface area contributed by atoms with Crippen LogP contribution in [-0.4, -0.2) is 61.5 Å². The van der Waals surface area contributed by atoms with Crippen LogP contribution in [0.4, 0.5) is 0 Å². The molecular formula is C11H22N2O3. The number of hydrogen-bond donors (Lipinski definition) is 0. The van der Waals surface area contributed by atoms with Gasteiger partial charge in [0, 0.05) is 27.2 Å². The number of nitrogens with zero attached hydrogens (tertiary/aromatic N) is 2. The van der Waals surface area contributed by atoms with E-state index in [0.29, 0.717) is 13.1 Å². The molecule has 0 radical (unpaired) electrons. The Morgan fingerprint density at radius 3 is 2.12 bits per heavy atom. The molecule has 0 spiro atoms. The number of hydrogen-bond acceptors (Lipinski definition) is 3. The van der Waals surface area contributed by atoms with Crippen molar-refractivity contribution >= 4 is 11.8 Å². The first-order valence-corrected chi connectivity index (χ1v) is 5.53. The zero-order valence-corrected chi connectivity index (χ0v) is 10.8. The minimum atomic E-state index is -0.505. The van der Waals surface area contributed by atoms with Crippen molar-refractivity contribution < 1.29 is 14.3 Å². The topological polar surface area (TPSA) is 49.9 Å². The van der Waals surface area contributed by atoms with Gasteiger partial charge in [0.2, 0.25) is 5.91 Å². The van der Waals surface area contributed by atoms with Crippen molar-refractivity contribution in [3.05, 3.63) is 0 Å². The molecule has 0 fully saturated rings. The summed E-state index contributed by atoms with van der Waals surface area (Å²) in [5.41, 5.74) is 0. The van der Waals surface area contributed by atoms with Crippen LogP contribution in [0.1, 0.15) is 20.8 Å². The molecule has 0 N–H and O–H groups in total. The fraction of sp³-hybridized carbons (Fsp3) is 0.818. The maximum Gasteiger partial charge on any atom is 0.251 e. The Morgan fingerprint density at radius 1 is 1.25 bits per heavy atom. The van der Waals surface area contributed by atoms with Gasteiger partial charge in [-0.05, 0) is 20.8 Å². The molecule has 0 saturated carbocycles. The lowest BCUT2D eigenvalue weighted by Gasteiger charge is -2.24. The molecule has 0 rings (SSSR count). The van der Waals surface area contributed by atoms with Gasteiger partial charge in [0.15, 0.2) is 0 Å². The molecule has 0 aromatic rings. The van der Waals surface area contributed by atoms with E-state index in [1.807, 2.05) is 13.8 Å². The lowest BCUT2D eigenvalue weighted by atomic mass is 10.3. The quantitative estimate of drug-likeness (QED) is 0.661. The van der Waals surface area contributed by atoms with E-state index >= 15 is 0 Å². The van der Waals surface area contributed by atoms with E-state index in [2.05, 4.69) is 0 Å². The summed E-state index contributed by atoms with van der Waals surface area (Å²) >= 11 is 0. The van der Waals surface area contributed by atoms with Crippen molar-refractivity contribution in [2.45, 2.75) is 26.9 Å². The van der Waals surface area contributed by atoms with Crippen molar-refractivity contribution in [1.82, 2.24) is 9.80 Å². The number of methoxy groups -OCH3 is 1. The molecule has 0 aromatic heterocycles. The Kier molecular flexibility index (Phi) is 6.72. The molecule has 0 heterocycles. The highest BCUT2D eigenvalue weighted by molar-refractivity contribution is 5.86. The summed E-state index contributed by atoms with van der Waals surface area (Å²) in [7, 11) is 3.09. The second-order valence-corrected chi connectivity index (χ2v) is 3.64. The van der Waals surface area contributed by atoms with E-state index in [9.17, 15) is 9.59 Å². The van der Waals surface area contributed by atoms with Crippen LogP contribution in [0.25, 0.3) is 0 Å². The van der Waals surface area contributed by atoms with Crippen molar-refractivity contribution in [2.24, 2.45) is 0 Å². The van der Waals surface area contributed by atoms with Gasteiger partial charge >= 0.3 is 0 Å². The van der Waals surface area contributed by atoms with E-state index in [1.165, 1.54) is 12.0 Å². The normalized spacial score (nSPS) is 12.1. The first kappa shape index (κ1) is 14.9. The largest absolute Gasteiger partial charge is 0.372 e. The third kappa shape index (κ3) is 4.18. The molecule has 0 aliphatic carbocycles. The maximum atomic E-state index is 11.7. The summed E-state index contributed by atoms with van der Waals surface area (Å²) in [6.07, 6.45) is -0.505. The lowest BCUT2D eigenvalue weighted by molar-refractivity contribution is -0.145. The molecule has 1 atom stereocenters. The van der Waals surface area contributed by atoms with Crippen LogP contribution in [0.5, 0.6) is 0 Å². The fourth-order valence-corrected chi connectivity index (χ4v) is 1.37. The minimum Gasteiger partial charge on any atom is -0.372 e. The Balaban J connectivity index is 4.28. The van der Waals surface area contributed by atoms with Gasteiger partial charge in [-0.3, -0.25) is 9.59 Å². The van der Waals surface area contributed by atoms with Gasteiger partial charge in [0.25, 0.3) is 5.91 Å². The summed E-state index contributed by atoms with van der Waals surface area (Å²) in [5, 5.41) is 0. The summed E-state index contributed by atoms with van der Waals surface area (Å²) < 4.78 is 4.91. The summed E-state index contributed by atoms with van der Waals surface area (Å²) in [5.74, 6) is -0.216. The van der Waals surface area contributed by atoms with Gasteiger partial charge in [0.05, 0.1) is 6.54 Å². The molecule has 0 bridgehead atoms. The second kappa shape index (κ2) is 7.22. The first-order valence-electron chi connectivity index (χ1n) is 5.53. The third-order valence-electron chi connectivity index (χ3n) is 2.57. The van der Waals surface area contributed by atoms with Gasteiger partial charge in [-0.2, -0.15) is 0 Å². The van der Waals surface area contributed by atoms with Gasteiger partial charge in [0.1, 0.15) is 6.10 Å². The van der Waals surface area contributed by atoms with Crippen LogP contribution in [0.2, 0.25) is 0 Å². The van der Waals surface area contributed by atoms with Crippen LogP contribution in [0.3, 0.4) is 0 Å². The highest BCUT2D eigenvalue weighted by Gasteiger charge is 2.20. The van der Waals surface area contributed by atoms with Crippen LogP contribution in [-0.2, 0) is 14.3 Å². The van der Waals surface area contributed by atoms with Gasteiger partial charge in [-0.15, -0.1) is 0 Å². The molecule has 1 unspecified atom stereocenters. The standard InChI is InChI=1S/C11H22N2O3/c1-6-13(7-2)10(14)8-12(4)11(15)9(3)16-5/h9H,6-8H2,1-5H3. The van der Waals surface area contributed by atoms with E-state index in [4.69, 9.17) is 4.74 Å². The predicted octanol–water partition coefficient (Wildman–Crippen LogP) is 0.348. The molecule has 0 aliphatic rings. The maximum absolute atomic E-state index is 11.7. The van der Waals surface area contributed by atoms with Crippen LogP contribution in [0, 0.1) is 0 Å². The SMILES string of the molecule is CCN(CC)C(=O)CN(C)C(=O)C(C)OC. The second-order valence-electron chi connectivity index (χ2n) is 3.64. The molecule has 0 saturated heterocycles. The summed E-state index contributed by atoms with van der Waals surface area (Å²) in [4.78, 5) is 26.5. The number of likely N-dealkylation sites (N-methyl/N-ethyl adjacent to an activating group) is 2. The molecule has 16 heavy (non-hydrogen) atoms. The molecular weight excluding hydrogens is 208 g/mol. The van der Waals surface area contributed by atoms with Crippen LogP contribution >= 0.6 is 0 Å². The molecule has 5 nitrogen and oxygen atoms in total. The zero-order valence-electron chi connectivity index (χ0n) is 10.8. The molecule has 94 valence electrons. The van der Waals surface area contributed by atoms with Gasteiger partial charge in [-0.1, -0.05) is 0 Å². The van der Waals surface area contributed by atoms with Crippen LogP contribution in [0.15, 0.2) is 0 Å². The average molecular weight is 230 g/mol. The molecule has 0 aromatic carbocycles. The zero-order chi connectivity index (χ0) is 12.7. The first-order chi connectivity index (χ1) is 7.47. The summed E-state index contributed by atoms with van der Waals surface area (Å²) in [6.45, 7) is 6.94. The van der Waals surface area contributed by atoms with E-state index in [1.54, 1.807) is 18.9 Å². The molecule has 0 aliphatic heterocycles. The van der Waals surface area contributed by atoms with Crippen molar-refractivity contribution in [3.8, 4) is 0 Å². The Bertz CT molecular complexity index is 239. The minimum absolute atomic E-state index is 0.0378. The Morgan fingerprint density at radius 2 is 1.75 bits per heavy atom. The van der Waals surface area contributed by atoms with Gasteiger partial charge < -0.3 is 14.5 Å².